The molecule has 2 N–H and O–H groups in total. The van der Waals surface area contributed by atoms with Gasteiger partial charge in [-0.2, -0.15) is 5.10 Å². The SMILES string of the molecule is Cc1ccc([C@H](C)NC(=O)c2cc(C(=O)NCc3ccc4c(c3)CC(=O)O4)nc3c(F)cnn23)cc1. The fourth-order valence-corrected chi connectivity index (χ4v) is 3.99. The van der Waals surface area contributed by atoms with Crippen molar-refractivity contribution >= 4 is 23.4 Å². The fraction of sp³-hybridized carbons (Fsp3) is 0.192. The molecule has 0 fully saturated rings. The molecule has 4 aromatic rings. The van der Waals surface area contributed by atoms with Gasteiger partial charge in [-0.1, -0.05) is 35.9 Å². The highest BCUT2D eigenvalue weighted by Crippen LogP contribution is 2.26. The average molecular weight is 487 g/mol. The molecule has 1 atom stereocenters. The second-order valence-corrected chi connectivity index (χ2v) is 8.64. The van der Waals surface area contributed by atoms with Gasteiger partial charge in [-0.3, -0.25) is 14.4 Å². The molecule has 0 bridgehead atoms. The van der Waals surface area contributed by atoms with Gasteiger partial charge in [-0.15, -0.1) is 0 Å². The van der Waals surface area contributed by atoms with Crippen LogP contribution in [0, 0.1) is 12.7 Å². The lowest BCUT2D eigenvalue weighted by Gasteiger charge is -2.15. The van der Waals surface area contributed by atoms with Crippen molar-refractivity contribution in [3.63, 3.8) is 0 Å². The number of amides is 2. The number of nitrogens with one attached hydrogen (secondary N) is 2. The van der Waals surface area contributed by atoms with Crippen molar-refractivity contribution in [3.8, 4) is 5.75 Å². The van der Waals surface area contributed by atoms with Crippen LogP contribution in [0.5, 0.6) is 5.75 Å². The molecule has 36 heavy (non-hydrogen) atoms. The van der Waals surface area contributed by atoms with Gasteiger partial charge < -0.3 is 15.4 Å². The highest BCUT2D eigenvalue weighted by atomic mass is 19.1. The predicted octanol–water partition coefficient (Wildman–Crippen LogP) is 3.06. The molecule has 0 spiro atoms. The molecule has 1 aliphatic heterocycles. The van der Waals surface area contributed by atoms with Crippen molar-refractivity contribution in [2.24, 2.45) is 0 Å². The summed E-state index contributed by atoms with van der Waals surface area (Å²) in [6.07, 6.45) is 1.12. The topological polar surface area (TPSA) is 115 Å². The third-order valence-corrected chi connectivity index (χ3v) is 5.96. The summed E-state index contributed by atoms with van der Waals surface area (Å²) in [5, 5.41) is 9.50. The van der Waals surface area contributed by atoms with Crippen LogP contribution >= 0.6 is 0 Å². The molecular weight excluding hydrogens is 465 g/mol. The minimum absolute atomic E-state index is 0.0267. The Morgan fingerprint density at radius 2 is 1.92 bits per heavy atom. The summed E-state index contributed by atoms with van der Waals surface area (Å²) in [6, 6.07) is 13.8. The molecule has 1 aliphatic rings. The Bertz CT molecular complexity index is 1510. The van der Waals surface area contributed by atoms with Crippen LogP contribution < -0.4 is 15.4 Å². The number of halogens is 1. The van der Waals surface area contributed by atoms with E-state index in [1.54, 1.807) is 18.2 Å². The minimum Gasteiger partial charge on any atom is -0.426 e. The van der Waals surface area contributed by atoms with Crippen molar-refractivity contribution in [2.45, 2.75) is 32.9 Å². The number of benzene rings is 2. The zero-order valence-corrected chi connectivity index (χ0v) is 19.5. The van der Waals surface area contributed by atoms with Crippen LogP contribution in [0.25, 0.3) is 5.65 Å². The number of hydrogen-bond acceptors (Lipinski definition) is 6. The van der Waals surface area contributed by atoms with E-state index >= 15 is 0 Å². The van der Waals surface area contributed by atoms with Crippen molar-refractivity contribution in [3.05, 3.63) is 94.2 Å². The van der Waals surface area contributed by atoms with E-state index < -0.39 is 17.6 Å². The number of carbonyl (C=O) groups is 3. The molecular formula is C26H22FN5O4. The molecule has 0 saturated carbocycles. The number of fused-ring (bicyclic) bond motifs is 2. The summed E-state index contributed by atoms with van der Waals surface area (Å²) in [7, 11) is 0. The van der Waals surface area contributed by atoms with E-state index in [1.807, 2.05) is 38.1 Å². The van der Waals surface area contributed by atoms with Gasteiger partial charge in [0.15, 0.2) is 11.5 Å². The van der Waals surface area contributed by atoms with Crippen molar-refractivity contribution in [1.82, 2.24) is 25.2 Å². The molecule has 5 rings (SSSR count). The molecule has 0 radical (unpaired) electrons. The lowest BCUT2D eigenvalue weighted by Crippen LogP contribution is -2.30. The predicted molar refractivity (Wildman–Crippen MR) is 127 cm³/mol. The number of rotatable bonds is 6. The van der Waals surface area contributed by atoms with E-state index in [9.17, 15) is 18.8 Å². The summed E-state index contributed by atoms with van der Waals surface area (Å²) in [4.78, 5) is 41.5. The highest BCUT2D eigenvalue weighted by Gasteiger charge is 2.23. The Hall–Kier alpha value is -4.60. The molecule has 182 valence electrons. The van der Waals surface area contributed by atoms with Crippen LogP contribution in [0.1, 0.15) is 56.2 Å². The molecule has 2 aromatic carbocycles. The highest BCUT2D eigenvalue weighted by molar-refractivity contribution is 5.98. The zero-order chi connectivity index (χ0) is 25.4. The number of aryl methyl sites for hydroxylation is 1. The standard InChI is InChI=1S/C26H22FN5O4/c1-14-3-6-17(7-4-14)15(2)30-26(35)21-11-20(31-24-19(27)13-29-32(21)24)25(34)28-12-16-5-8-22-18(9-16)10-23(33)36-22/h3-9,11,13,15H,10,12H2,1-2H3,(H,28,34)(H,30,35)/t15-/m0/s1. The van der Waals surface area contributed by atoms with Crippen LogP contribution in [-0.2, 0) is 17.8 Å². The Morgan fingerprint density at radius 3 is 2.69 bits per heavy atom. The summed E-state index contributed by atoms with van der Waals surface area (Å²) in [5.41, 5.74) is 3.10. The fourth-order valence-electron chi connectivity index (χ4n) is 3.99. The molecule has 0 unspecified atom stereocenters. The molecule has 2 aromatic heterocycles. The Balaban J connectivity index is 1.36. The smallest absolute Gasteiger partial charge is 0.315 e. The first kappa shape index (κ1) is 23.2. The Kier molecular flexibility index (Phi) is 5.93. The van der Waals surface area contributed by atoms with E-state index in [0.717, 1.165) is 33.0 Å². The zero-order valence-electron chi connectivity index (χ0n) is 19.5. The van der Waals surface area contributed by atoms with Crippen molar-refractivity contribution in [1.29, 1.82) is 0 Å². The lowest BCUT2D eigenvalue weighted by molar-refractivity contribution is -0.131. The summed E-state index contributed by atoms with van der Waals surface area (Å²) < 4.78 is 20.5. The Labute approximate surface area is 205 Å². The number of nitrogens with zero attached hydrogens (tertiary/aromatic N) is 3. The van der Waals surface area contributed by atoms with Crippen LogP contribution in [0.3, 0.4) is 0 Å². The number of aromatic nitrogens is 3. The number of hydrogen-bond donors (Lipinski definition) is 2. The first-order valence-corrected chi connectivity index (χ1v) is 11.3. The van der Waals surface area contributed by atoms with Crippen LogP contribution in [0.15, 0.2) is 54.7 Å². The third-order valence-electron chi connectivity index (χ3n) is 5.96. The van der Waals surface area contributed by atoms with Crippen LogP contribution in [-0.4, -0.2) is 32.4 Å². The largest absolute Gasteiger partial charge is 0.426 e. The second kappa shape index (κ2) is 9.21. The average Bonchev–Trinajstić information content (AvgIpc) is 3.43. The Morgan fingerprint density at radius 1 is 1.14 bits per heavy atom. The van der Waals surface area contributed by atoms with E-state index in [0.29, 0.717) is 5.75 Å². The van der Waals surface area contributed by atoms with Gasteiger partial charge in [0, 0.05) is 18.2 Å². The maximum absolute atomic E-state index is 14.4. The molecule has 3 heterocycles. The van der Waals surface area contributed by atoms with Gasteiger partial charge in [0.2, 0.25) is 0 Å². The van der Waals surface area contributed by atoms with Gasteiger partial charge in [0.05, 0.1) is 18.7 Å². The van der Waals surface area contributed by atoms with Crippen molar-refractivity contribution in [2.75, 3.05) is 0 Å². The maximum Gasteiger partial charge on any atom is 0.315 e. The maximum atomic E-state index is 14.4. The molecule has 0 saturated heterocycles. The first-order chi connectivity index (χ1) is 17.3. The van der Waals surface area contributed by atoms with Crippen LogP contribution in [0.4, 0.5) is 4.39 Å². The normalized spacial score (nSPS) is 13.2. The molecule has 2 amide bonds. The molecule has 9 nitrogen and oxygen atoms in total. The summed E-state index contributed by atoms with van der Waals surface area (Å²) >= 11 is 0. The van der Waals surface area contributed by atoms with E-state index in [-0.39, 0.29) is 42.0 Å². The first-order valence-electron chi connectivity index (χ1n) is 11.3. The van der Waals surface area contributed by atoms with Crippen molar-refractivity contribution < 1.29 is 23.5 Å². The number of ether oxygens (including phenoxy) is 1. The van der Waals surface area contributed by atoms with Gasteiger partial charge in [0.25, 0.3) is 11.8 Å². The monoisotopic (exact) mass is 487 g/mol. The van der Waals surface area contributed by atoms with E-state index in [4.69, 9.17) is 4.74 Å². The number of carbonyl (C=O) groups excluding carboxylic acids is 3. The van der Waals surface area contributed by atoms with Gasteiger partial charge in [-0.05, 0) is 37.1 Å². The van der Waals surface area contributed by atoms with E-state index in [2.05, 4.69) is 20.7 Å². The minimum atomic E-state index is -0.756. The summed E-state index contributed by atoms with van der Waals surface area (Å²) in [6.45, 7) is 3.94. The number of esters is 1. The third kappa shape index (κ3) is 4.52. The lowest BCUT2D eigenvalue weighted by atomic mass is 10.1. The van der Waals surface area contributed by atoms with Crippen LogP contribution in [0.2, 0.25) is 0 Å². The van der Waals surface area contributed by atoms with Gasteiger partial charge >= 0.3 is 5.97 Å². The summed E-state index contributed by atoms with van der Waals surface area (Å²) in [5.74, 6) is -1.70. The second-order valence-electron chi connectivity index (χ2n) is 8.64. The van der Waals surface area contributed by atoms with Gasteiger partial charge in [0.1, 0.15) is 17.1 Å². The van der Waals surface area contributed by atoms with E-state index in [1.165, 1.54) is 6.07 Å². The molecule has 10 heteroatoms. The molecule has 0 aliphatic carbocycles. The van der Waals surface area contributed by atoms with Gasteiger partial charge in [-0.25, -0.2) is 13.9 Å². The quantitative estimate of drug-likeness (QED) is 0.319.